The third-order valence-electron chi connectivity index (χ3n) is 2.81. The molecule has 0 radical (unpaired) electrons. The lowest BCUT2D eigenvalue weighted by Crippen LogP contribution is -2.23. The van der Waals surface area contributed by atoms with Gasteiger partial charge in [0.1, 0.15) is 5.82 Å². The second-order valence-corrected chi connectivity index (χ2v) is 5.18. The average molecular weight is 303 g/mol. The van der Waals surface area contributed by atoms with Gasteiger partial charge in [-0.15, -0.1) is 11.3 Å². The maximum Gasteiger partial charge on any atom is 0.252 e. The Bertz CT molecular complexity index is 715. The van der Waals surface area contributed by atoms with Crippen LogP contribution < -0.4 is 11.1 Å². The number of amides is 1. The van der Waals surface area contributed by atoms with E-state index in [2.05, 4.69) is 22.1 Å². The second kappa shape index (κ2) is 6.97. The van der Waals surface area contributed by atoms with Crippen molar-refractivity contribution in [2.24, 2.45) is 5.73 Å². The van der Waals surface area contributed by atoms with E-state index in [0.29, 0.717) is 17.7 Å². The first kappa shape index (κ1) is 15.2. The van der Waals surface area contributed by atoms with E-state index in [-0.39, 0.29) is 12.5 Å². The number of aryl methyl sites for hydroxylation is 1. The topological polar surface area (TPSA) is 68.0 Å². The van der Waals surface area contributed by atoms with Crippen molar-refractivity contribution in [3.05, 3.63) is 51.2 Å². The zero-order valence-electron chi connectivity index (χ0n) is 11.4. The summed E-state index contributed by atoms with van der Waals surface area (Å²) in [5.74, 6) is 4.60. The highest BCUT2D eigenvalue weighted by Gasteiger charge is 2.12. The van der Waals surface area contributed by atoms with Crippen LogP contribution in [0.5, 0.6) is 0 Å². The molecular weight excluding hydrogens is 289 g/mol. The van der Waals surface area contributed by atoms with Gasteiger partial charge in [0.2, 0.25) is 0 Å². The molecule has 2 aromatic rings. The molecule has 4 nitrogen and oxygen atoms in total. The summed E-state index contributed by atoms with van der Waals surface area (Å²) in [6, 6.07) is 3.89. The molecule has 2 rings (SSSR count). The van der Waals surface area contributed by atoms with Crippen molar-refractivity contribution in [3.8, 4) is 11.8 Å². The summed E-state index contributed by atoms with van der Waals surface area (Å²) in [5.41, 5.74) is 8.59. The number of hydrogen-bond donors (Lipinski definition) is 2. The number of rotatable bonds is 3. The van der Waals surface area contributed by atoms with Gasteiger partial charge in [0.15, 0.2) is 0 Å². The van der Waals surface area contributed by atoms with E-state index in [4.69, 9.17) is 5.73 Å². The van der Waals surface area contributed by atoms with Crippen LogP contribution in [-0.2, 0) is 6.54 Å². The molecule has 0 atom stereocenters. The summed E-state index contributed by atoms with van der Waals surface area (Å²) in [5, 5.41) is 2.79. The van der Waals surface area contributed by atoms with E-state index < -0.39 is 5.82 Å². The quantitative estimate of drug-likeness (QED) is 0.850. The Labute approximate surface area is 126 Å². The highest BCUT2D eigenvalue weighted by Crippen LogP contribution is 2.13. The number of carbonyl (C=O) groups excluding carboxylic acids is 1. The first-order valence-electron chi connectivity index (χ1n) is 6.27. The Balaban J connectivity index is 2.17. The van der Waals surface area contributed by atoms with E-state index in [1.807, 2.05) is 6.92 Å². The van der Waals surface area contributed by atoms with Crippen LogP contribution in [0.1, 0.15) is 26.5 Å². The molecule has 0 fully saturated rings. The maximum atomic E-state index is 13.3. The molecule has 3 N–H and O–H groups in total. The van der Waals surface area contributed by atoms with Gasteiger partial charge in [-0.25, -0.2) is 9.37 Å². The largest absolute Gasteiger partial charge is 0.347 e. The number of aromatic nitrogens is 1. The molecular formula is C15H14FN3OS. The SMILES string of the molecule is Cc1ncsc1CNC(=O)c1ccc(F)cc1C#CCN. The first-order valence-corrected chi connectivity index (χ1v) is 7.15. The van der Waals surface area contributed by atoms with Crippen LogP contribution >= 0.6 is 11.3 Å². The molecule has 6 heteroatoms. The van der Waals surface area contributed by atoms with Gasteiger partial charge in [0.25, 0.3) is 5.91 Å². The highest BCUT2D eigenvalue weighted by molar-refractivity contribution is 7.09. The molecule has 0 unspecified atom stereocenters. The standard InChI is InChI=1S/C15H14FN3OS/c1-10-14(21-9-19-10)8-18-15(20)13-5-4-12(16)7-11(13)3-2-6-17/h4-5,7,9H,6,8,17H2,1H3,(H,18,20). The molecule has 0 aliphatic rings. The zero-order chi connectivity index (χ0) is 15.2. The fourth-order valence-electron chi connectivity index (χ4n) is 1.72. The predicted molar refractivity (Wildman–Crippen MR) is 80.4 cm³/mol. The monoisotopic (exact) mass is 303 g/mol. The van der Waals surface area contributed by atoms with E-state index in [1.165, 1.54) is 29.5 Å². The van der Waals surface area contributed by atoms with Crippen LogP contribution in [-0.4, -0.2) is 17.4 Å². The number of nitrogens with two attached hydrogens (primary N) is 1. The third kappa shape index (κ3) is 3.88. The van der Waals surface area contributed by atoms with Crippen molar-refractivity contribution < 1.29 is 9.18 Å². The highest BCUT2D eigenvalue weighted by atomic mass is 32.1. The van der Waals surface area contributed by atoms with Crippen molar-refractivity contribution in [2.45, 2.75) is 13.5 Å². The van der Waals surface area contributed by atoms with Gasteiger partial charge < -0.3 is 11.1 Å². The van der Waals surface area contributed by atoms with Gasteiger partial charge in [-0.1, -0.05) is 11.8 Å². The summed E-state index contributed by atoms with van der Waals surface area (Å²) in [4.78, 5) is 17.3. The Hall–Kier alpha value is -2.23. The molecule has 0 aliphatic carbocycles. The Morgan fingerprint density at radius 3 is 3.00 bits per heavy atom. The molecule has 1 aromatic carbocycles. The predicted octanol–water partition coefficient (Wildman–Crippen LogP) is 1.83. The van der Waals surface area contributed by atoms with Gasteiger partial charge in [0.05, 0.1) is 29.9 Å². The summed E-state index contributed by atoms with van der Waals surface area (Å²) in [6.07, 6.45) is 0. The van der Waals surface area contributed by atoms with Gasteiger partial charge in [-0.3, -0.25) is 4.79 Å². The van der Waals surface area contributed by atoms with Crippen molar-refractivity contribution >= 4 is 17.2 Å². The fourth-order valence-corrected chi connectivity index (χ4v) is 2.43. The van der Waals surface area contributed by atoms with Crippen LogP contribution in [0.2, 0.25) is 0 Å². The van der Waals surface area contributed by atoms with Gasteiger partial charge >= 0.3 is 0 Å². The molecule has 0 aliphatic heterocycles. The van der Waals surface area contributed by atoms with Gasteiger partial charge in [-0.2, -0.15) is 0 Å². The molecule has 0 bridgehead atoms. The molecule has 0 saturated carbocycles. The van der Waals surface area contributed by atoms with Crippen LogP contribution in [0.4, 0.5) is 4.39 Å². The minimum absolute atomic E-state index is 0.150. The Kier molecular flexibility index (Phi) is 5.04. The second-order valence-electron chi connectivity index (χ2n) is 4.24. The summed E-state index contributed by atoms with van der Waals surface area (Å²) >= 11 is 1.48. The minimum atomic E-state index is -0.439. The van der Waals surface area contributed by atoms with Crippen LogP contribution in [0.15, 0.2) is 23.7 Å². The average Bonchev–Trinajstić information content (AvgIpc) is 2.88. The summed E-state index contributed by atoms with van der Waals surface area (Å²) in [7, 11) is 0. The van der Waals surface area contributed by atoms with Crippen LogP contribution in [0.3, 0.4) is 0 Å². The lowest BCUT2D eigenvalue weighted by atomic mass is 10.1. The fraction of sp³-hybridized carbons (Fsp3) is 0.200. The Morgan fingerprint density at radius 2 is 2.33 bits per heavy atom. The minimum Gasteiger partial charge on any atom is -0.347 e. The van der Waals surface area contributed by atoms with Gasteiger partial charge in [-0.05, 0) is 25.1 Å². The van der Waals surface area contributed by atoms with Crippen molar-refractivity contribution in [3.63, 3.8) is 0 Å². The van der Waals surface area contributed by atoms with E-state index in [9.17, 15) is 9.18 Å². The van der Waals surface area contributed by atoms with E-state index >= 15 is 0 Å². The number of thiazole rings is 1. The van der Waals surface area contributed by atoms with E-state index in [1.54, 1.807) is 5.51 Å². The maximum absolute atomic E-state index is 13.3. The number of carbonyl (C=O) groups is 1. The zero-order valence-corrected chi connectivity index (χ0v) is 12.3. The Morgan fingerprint density at radius 1 is 1.52 bits per heavy atom. The number of hydrogen-bond acceptors (Lipinski definition) is 4. The number of nitrogens with zero attached hydrogens (tertiary/aromatic N) is 1. The molecule has 1 heterocycles. The molecule has 0 spiro atoms. The molecule has 1 aromatic heterocycles. The third-order valence-corrected chi connectivity index (χ3v) is 3.74. The molecule has 0 saturated heterocycles. The van der Waals surface area contributed by atoms with Crippen molar-refractivity contribution in [1.82, 2.24) is 10.3 Å². The normalized spacial score (nSPS) is 9.86. The number of nitrogens with one attached hydrogen (secondary N) is 1. The molecule has 21 heavy (non-hydrogen) atoms. The van der Waals surface area contributed by atoms with Crippen LogP contribution in [0, 0.1) is 24.6 Å². The first-order chi connectivity index (χ1) is 10.1. The lowest BCUT2D eigenvalue weighted by Gasteiger charge is -2.06. The number of halogens is 1. The van der Waals surface area contributed by atoms with E-state index in [0.717, 1.165) is 10.6 Å². The molecule has 1 amide bonds. The molecule has 108 valence electrons. The summed E-state index contributed by atoms with van der Waals surface area (Å²) < 4.78 is 13.3. The van der Waals surface area contributed by atoms with Crippen molar-refractivity contribution in [2.75, 3.05) is 6.54 Å². The smallest absolute Gasteiger partial charge is 0.252 e. The van der Waals surface area contributed by atoms with Crippen molar-refractivity contribution in [1.29, 1.82) is 0 Å². The lowest BCUT2D eigenvalue weighted by molar-refractivity contribution is 0.0951. The van der Waals surface area contributed by atoms with Gasteiger partial charge in [0, 0.05) is 10.4 Å². The number of benzene rings is 1. The summed E-state index contributed by atoms with van der Waals surface area (Å²) in [6.45, 7) is 2.42. The van der Waals surface area contributed by atoms with Crippen LogP contribution in [0.25, 0.3) is 0 Å².